The Labute approximate surface area is 79.2 Å². The Morgan fingerprint density at radius 1 is 1.46 bits per heavy atom. The van der Waals surface area contributed by atoms with Gasteiger partial charge in [0.25, 0.3) is 0 Å². The van der Waals surface area contributed by atoms with Gasteiger partial charge < -0.3 is 0 Å². The highest BCUT2D eigenvalue weighted by Crippen LogP contribution is 2.26. The first kappa shape index (κ1) is 10.4. The number of benzene rings is 1. The van der Waals surface area contributed by atoms with Crippen LogP contribution in [-0.2, 0) is 4.84 Å². The molecule has 0 saturated heterocycles. The normalized spacial score (nSPS) is 13.0. The van der Waals surface area contributed by atoms with Gasteiger partial charge in [0.2, 0.25) is 0 Å². The molecule has 1 unspecified atom stereocenters. The van der Waals surface area contributed by atoms with E-state index in [4.69, 9.17) is 17.5 Å². The van der Waals surface area contributed by atoms with Gasteiger partial charge in [-0.05, 0) is 13.0 Å². The Balaban J connectivity index is 3.18. The summed E-state index contributed by atoms with van der Waals surface area (Å²) in [5.41, 5.74) is 0.133. The number of hydrogen-bond donors (Lipinski definition) is 1. The zero-order chi connectivity index (χ0) is 10.0. The summed E-state index contributed by atoms with van der Waals surface area (Å²) >= 11 is 5.34. The molecule has 0 radical (unpaired) electrons. The third kappa shape index (κ3) is 1.96. The molecule has 1 rings (SSSR count). The number of halogens is 3. The molecule has 2 N–H and O–H groups in total. The van der Waals surface area contributed by atoms with E-state index in [0.717, 1.165) is 6.07 Å². The van der Waals surface area contributed by atoms with Crippen LogP contribution >= 0.6 is 11.6 Å². The van der Waals surface area contributed by atoms with E-state index in [1.807, 2.05) is 0 Å². The predicted octanol–water partition coefficient (Wildman–Crippen LogP) is 2.57. The van der Waals surface area contributed by atoms with Gasteiger partial charge in [-0.25, -0.2) is 14.7 Å². The van der Waals surface area contributed by atoms with Crippen LogP contribution < -0.4 is 5.90 Å². The predicted molar refractivity (Wildman–Crippen MR) is 45.1 cm³/mol. The zero-order valence-corrected chi connectivity index (χ0v) is 7.61. The van der Waals surface area contributed by atoms with Crippen LogP contribution in [0.15, 0.2) is 12.1 Å². The summed E-state index contributed by atoms with van der Waals surface area (Å²) in [5, 5.41) is -0.540. The van der Waals surface area contributed by atoms with Crippen molar-refractivity contribution in [3.63, 3.8) is 0 Å². The molecular weight excluding hydrogens is 200 g/mol. The van der Waals surface area contributed by atoms with E-state index < -0.39 is 22.8 Å². The van der Waals surface area contributed by atoms with Crippen LogP contribution in [0.5, 0.6) is 0 Å². The molecule has 5 heteroatoms. The molecule has 0 saturated carbocycles. The molecule has 1 aromatic rings. The third-order valence-corrected chi connectivity index (χ3v) is 2.05. The van der Waals surface area contributed by atoms with Gasteiger partial charge in [-0.15, -0.1) is 0 Å². The van der Waals surface area contributed by atoms with Crippen molar-refractivity contribution in [3.8, 4) is 0 Å². The molecule has 0 heterocycles. The lowest BCUT2D eigenvalue weighted by atomic mass is 10.1. The van der Waals surface area contributed by atoms with Gasteiger partial charge in [0, 0.05) is 5.56 Å². The fourth-order valence-electron chi connectivity index (χ4n) is 0.928. The van der Waals surface area contributed by atoms with Crippen LogP contribution in [0.25, 0.3) is 0 Å². The van der Waals surface area contributed by atoms with E-state index in [1.54, 1.807) is 0 Å². The summed E-state index contributed by atoms with van der Waals surface area (Å²) in [5.74, 6) is 3.22. The molecule has 13 heavy (non-hydrogen) atoms. The number of hydrogen-bond acceptors (Lipinski definition) is 2. The summed E-state index contributed by atoms with van der Waals surface area (Å²) in [6, 6.07) is 2.31. The van der Waals surface area contributed by atoms with Crippen LogP contribution in [-0.4, -0.2) is 0 Å². The fraction of sp³-hybridized carbons (Fsp3) is 0.250. The summed E-state index contributed by atoms with van der Waals surface area (Å²) in [4.78, 5) is 4.39. The highest BCUT2D eigenvalue weighted by molar-refractivity contribution is 6.30. The average Bonchev–Trinajstić information content (AvgIpc) is 2.13. The van der Waals surface area contributed by atoms with Gasteiger partial charge in [-0.1, -0.05) is 17.7 Å². The van der Waals surface area contributed by atoms with E-state index in [-0.39, 0.29) is 5.56 Å². The molecule has 0 amide bonds. The van der Waals surface area contributed by atoms with Crippen LogP contribution in [0, 0.1) is 11.6 Å². The second-order valence-corrected chi connectivity index (χ2v) is 2.92. The standard InChI is InChI=1S/C8H8ClF2NO/c1-4(13-12)5-2-3-6(10)7(9)8(5)11/h2-4H,12H2,1H3. The monoisotopic (exact) mass is 207 g/mol. The Bertz CT molecular complexity index is 319. The minimum absolute atomic E-state index is 0.133. The minimum atomic E-state index is -0.834. The topological polar surface area (TPSA) is 35.2 Å². The molecule has 1 atom stereocenters. The van der Waals surface area contributed by atoms with E-state index in [2.05, 4.69) is 4.84 Å². The SMILES string of the molecule is CC(ON)c1ccc(F)c(Cl)c1F. The first-order valence-electron chi connectivity index (χ1n) is 3.57. The Kier molecular flexibility index (Phi) is 3.19. The van der Waals surface area contributed by atoms with Crippen molar-refractivity contribution in [1.29, 1.82) is 0 Å². The molecule has 0 fully saturated rings. The number of nitrogens with two attached hydrogens (primary N) is 1. The zero-order valence-electron chi connectivity index (χ0n) is 6.85. The fourth-order valence-corrected chi connectivity index (χ4v) is 1.10. The lowest BCUT2D eigenvalue weighted by molar-refractivity contribution is 0.0638. The van der Waals surface area contributed by atoms with Crippen LogP contribution in [0.2, 0.25) is 5.02 Å². The van der Waals surface area contributed by atoms with Crippen molar-refractivity contribution in [2.75, 3.05) is 0 Å². The second-order valence-electron chi connectivity index (χ2n) is 2.54. The van der Waals surface area contributed by atoms with Crippen LogP contribution in [0.1, 0.15) is 18.6 Å². The Hall–Kier alpha value is -0.710. The van der Waals surface area contributed by atoms with Crippen LogP contribution in [0.4, 0.5) is 8.78 Å². The molecule has 0 aliphatic rings. The van der Waals surface area contributed by atoms with Gasteiger partial charge in [-0.3, -0.25) is 4.84 Å². The maximum Gasteiger partial charge on any atom is 0.150 e. The average molecular weight is 208 g/mol. The largest absolute Gasteiger partial charge is 0.297 e. The van der Waals surface area contributed by atoms with Gasteiger partial charge in [0.1, 0.15) is 16.9 Å². The van der Waals surface area contributed by atoms with E-state index in [0.29, 0.717) is 0 Å². The molecule has 0 aliphatic carbocycles. The summed E-state index contributed by atoms with van der Waals surface area (Å²) < 4.78 is 25.9. The Morgan fingerprint density at radius 3 is 2.62 bits per heavy atom. The second kappa shape index (κ2) is 4.00. The molecule has 1 aromatic carbocycles. The molecule has 2 nitrogen and oxygen atoms in total. The van der Waals surface area contributed by atoms with Crippen molar-refractivity contribution < 1.29 is 13.6 Å². The maximum atomic E-state index is 13.2. The Morgan fingerprint density at radius 2 is 2.08 bits per heavy atom. The van der Waals surface area contributed by atoms with E-state index in [9.17, 15) is 8.78 Å². The molecular formula is C8H8ClF2NO. The molecule has 0 spiro atoms. The smallest absolute Gasteiger partial charge is 0.150 e. The summed E-state index contributed by atoms with van der Waals surface area (Å²) in [7, 11) is 0. The van der Waals surface area contributed by atoms with Crippen molar-refractivity contribution >= 4 is 11.6 Å². The summed E-state index contributed by atoms with van der Waals surface area (Å²) in [6.07, 6.45) is -0.655. The van der Waals surface area contributed by atoms with Crippen LogP contribution in [0.3, 0.4) is 0 Å². The van der Waals surface area contributed by atoms with Gasteiger partial charge in [-0.2, -0.15) is 0 Å². The molecule has 72 valence electrons. The quantitative estimate of drug-likeness (QED) is 0.598. The molecule has 0 aliphatic heterocycles. The molecule has 0 aromatic heterocycles. The highest BCUT2D eigenvalue weighted by atomic mass is 35.5. The number of rotatable bonds is 2. The minimum Gasteiger partial charge on any atom is -0.297 e. The lowest BCUT2D eigenvalue weighted by Gasteiger charge is -2.10. The first-order chi connectivity index (χ1) is 6.07. The summed E-state index contributed by atoms with van der Waals surface area (Å²) in [6.45, 7) is 1.53. The van der Waals surface area contributed by atoms with Gasteiger partial charge >= 0.3 is 0 Å². The van der Waals surface area contributed by atoms with Gasteiger partial charge in [0.15, 0.2) is 5.82 Å². The van der Waals surface area contributed by atoms with Crippen molar-refractivity contribution in [3.05, 3.63) is 34.4 Å². The third-order valence-electron chi connectivity index (χ3n) is 1.71. The van der Waals surface area contributed by atoms with E-state index in [1.165, 1.54) is 13.0 Å². The van der Waals surface area contributed by atoms with Crippen molar-refractivity contribution in [2.24, 2.45) is 5.90 Å². The lowest BCUT2D eigenvalue weighted by Crippen LogP contribution is -2.08. The molecule has 0 bridgehead atoms. The van der Waals surface area contributed by atoms with Crippen molar-refractivity contribution in [1.82, 2.24) is 0 Å². The van der Waals surface area contributed by atoms with Crippen molar-refractivity contribution in [2.45, 2.75) is 13.0 Å². The maximum absolute atomic E-state index is 13.2. The van der Waals surface area contributed by atoms with Gasteiger partial charge in [0.05, 0.1) is 0 Å². The first-order valence-corrected chi connectivity index (χ1v) is 3.94. The highest BCUT2D eigenvalue weighted by Gasteiger charge is 2.16. The van der Waals surface area contributed by atoms with E-state index >= 15 is 0 Å².